The van der Waals surface area contributed by atoms with Gasteiger partial charge in [-0.3, -0.25) is 4.79 Å². The summed E-state index contributed by atoms with van der Waals surface area (Å²) in [7, 11) is 0. The lowest BCUT2D eigenvalue weighted by molar-refractivity contribution is -0.120. The highest BCUT2D eigenvalue weighted by Crippen LogP contribution is 2.15. The van der Waals surface area contributed by atoms with Crippen molar-refractivity contribution >= 4 is 17.5 Å². The van der Waals surface area contributed by atoms with Crippen LogP contribution in [0.2, 0.25) is 5.02 Å². The molecule has 0 bridgehead atoms. The van der Waals surface area contributed by atoms with E-state index in [-0.39, 0.29) is 18.5 Å². The van der Waals surface area contributed by atoms with Gasteiger partial charge in [-0.2, -0.15) is 0 Å². The molecule has 0 saturated carbocycles. The number of furan rings is 1. The summed E-state index contributed by atoms with van der Waals surface area (Å²) in [5, 5.41) is 6.65. The van der Waals surface area contributed by atoms with Crippen LogP contribution in [-0.4, -0.2) is 12.5 Å². The van der Waals surface area contributed by atoms with Gasteiger partial charge in [-0.25, -0.2) is 0 Å². The number of nitrogens with one attached hydrogen (secondary N) is 2. The second-order valence-corrected chi connectivity index (χ2v) is 4.95. The van der Waals surface area contributed by atoms with E-state index >= 15 is 0 Å². The molecule has 0 fully saturated rings. The summed E-state index contributed by atoms with van der Waals surface area (Å²) < 4.78 is 5.14. The Hall–Kier alpha value is -1.78. The molecule has 1 atom stereocenters. The van der Waals surface area contributed by atoms with Crippen LogP contribution in [0.1, 0.15) is 24.3 Å². The van der Waals surface area contributed by atoms with Crippen molar-refractivity contribution in [2.24, 2.45) is 0 Å². The summed E-state index contributed by atoms with van der Waals surface area (Å²) >= 11 is 5.84. The summed E-state index contributed by atoms with van der Waals surface area (Å²) in [6.07, 6.45) is 1.59. The number of hydrogen-bond acceptors (Lipinski definition) is 3. The number of carbonyl (C=O) groups excluding carboxylic acids is 1. The predicted molar refractivity (Wildman–Crippen MR) is 78.4 cm³/mol. The lowest BCUT2D eigenvalue weighted by atomic mass is 10.1. The molecule has 106 valence electrons. The highest BCUT2D eigenvalue weighted by Gasteiger charge is 2.08. The molecule has 0 radical (unpaired) electrons. The van der Waals surface area contributed by atoms with E-state index < -0.39 is 0 Å². The van der Waals surface area contributed by atoms with E-state index in [2.05, 4.69) is 10.6 Å². The molecule has 0 aliphatic rings. The van der Waals surface area contributed by atoms with Crippen LogP contribution in [0.25, 0.3) is 0 Å². The van der Waals surface area contributed by atoms with Crippen LogP contribution in [0, 0.1) is 0 Å². The van der Waals surface area contributed by atoms with Crippen LogP contribution in [0.15, 0.2) is 47.1 Å². The minimum atomic E-state index is -0.0674. The maximum absolute atomic E-state index is 11.7. The zero-order chi connectivity index (χ0) is 14.4. The Morgan fingerprint density at radius 3 is 2.70 bits per heavy atom. The van der Waals surface area contributed by atoms with Gasteiger partial charge < -0.3 is 15.1 Å². The minimum absolute atomic E-state index is 0.0674. The quantitative estimate of drug-likeness (QED) is 0.861. The highest BCUT2D eigenvalue weighted by molar-refractivity contribution is 6.30. The Balaban J connectivity index is 1.73. The molecule has 1 aromatic heterocycles. The lowest BCUT2D eigenvalue weighted by Gasteiger charge is -2.14. The van der Waals surface area contributed by atoms with Crippen molar-refractivity contribution < 1.29 is 9.21 Å². The van der Waals surface area contributed by atoms with Crippen molar-refractivity contribution in [2.75, 3.05) is 6.54 Å². The van der Waals surface area contributed by atoms with Crippen molar-refractivity contribution in [1.29, 1.82) is 0 Å². The molecule has 0 unspecified atom stereocenters. The Bertz CT molecular complexity index is 538. The minimum Gasteiger partial charge on any atom is -0.467 e. The largest absolute Gasteiger partial charge is 0.467 e. The van der Waals surface area contributed by atoms with Gasteiger partial charge in [0.15, 0.2) is 0 Å². The molecule has 2 aromatic rings. The molecule has 2 rings (SSSR count). The van der Waals surface area contributed by atoms with E-state index in [0.717, 1.165) is 11.3 Å². The SMILES string of the molecule is C[C@@H](NCC(=O)NCc1ccco1)c1ccc(Cl)cc1. The molecule has 1 heterocycles. The lowest BCUT2D eigenvalue weighted by Crippen LogP contribution is -2.34. The van der Waals surface area contributed by atoms with Gasteiger partial charge in [0, 0.05) is 11.1 Å². The molecular formula is C15H17ClN2O2. The average molecular weight is 293 g/mol. The molecular weight excluding hydrogens is 276 g/mol. The van der Waals surface area contributed by atoms with E-state index in [1.807, 2.05) is 37.3 Å². The smallest absolute Gasteiger partial charge is 0.234 e. The van der Waals surface area contributed by atoms with Crippen LogP contribution in [-0.2, 0) is 11.3 Å². The highest BCUT2D eigenvalue weighted by atomic mass is 35.5. The number of amides is 1. The number of hydrogen-bond donors (Lipinski definition) is 2. The second-order valence-electron chi connectivity index (χ2n) is 4.51. The number of rotatable bonds is 6. The van der Waals surface area contributed by atoms with Gasteiger partial charge in [-0.15, -0.1) is 0 Å². The molecule has 2 N–H and O–H groups in total. The van der Waals surface area contributed by atoms with E-state index in [1.165, 1.54) is 0 Å². The Labute approximate surface area is 123 Å². The van der Waals surface area contributed by atoms with Crippen molar-refractivity contribution in [3.63, 3.8) is 0 Å². The van der Waals surface area contributed by atoms with Crippen LogP contribution in [0.3, 0.4) is 0 Å². The fourth-order valence-electron chi connectivity index (χ4n) is 1.78. The zero-order valence-corrected chi connectivity index (χ0v) is 12.0. The molecule has 0 spiro atoms. The van der Waals surface area contributed by atoms with Crippen molar-refractivity contribution in [3.8, 4) is 0 Å². The molecule has 4 nitrogen and oxygen atoms in total. The zero-order valence-electron chi connectivity index (χ0n) is 11.2. The van der Waals surface area contributed by atoms with Crippen molar-refractivity contribution in [2.45, 2.75) is 19.5 Å². The molecule has 20 heavy (non-hydrogen) atoms. The van der Waals surface area contributed by atoms with Gasteiger partial charge in [-0.1, -0.05) is 23.7 Å². The number of halogens is 1. The van der Waals surface area contributed by atoms with E-state index in [1.54, 1.807) is 12.3 Å². The Kier molecular flexibility index (Phi) is 5.21. The topological polar surface area (TPSA) is 54.3 Å². The van der Waals surface area contributed by atoms with Crippen LogP contribution >= 0.6 is 11.6 Å². The third-order valence-electron chi connectivity index (χ3n) is 2.98. The molecule has 0 aliphatic carbocycles. The summed E-state index contributed by atoms with van der Waals surface area (Å²) in [4.78, 5) is 11.7. The predicted octanol–water partition coefficient (Wildman–Crippen LogP) is 2.90. The summed E-state index contributed by atoms with van der Waals surface area (Å²) in [6.45, 7) is 2.66. The van der Waals surface area contributed by atoms with Gasteiger partial charge in [-0.05, 0) is 36.8 Å². The fourth-order valence-corrected chi connectivity index (χ4v) is 1.90. The standard InChI is InChI=1S/C15H17ClN2O2/c1-11(12-4-6-13(16)7-5-12)17-10-15(19)18-9-14-3-2-8-20-14/h2-8,11,17H,9-10H2,1H3,(H,18,19)/t11-/m1/s1. The van der Waals surface area contributed by atoms with Crippen LogP contribution in [0.4, 0.5) is 0 Å². The monoisotopic (exact) mass is 292 g/mol. The molecule has 1 amide bonds. The first kappa shape index (κ1) is 14.6. The van der Waals surface area contributed by atoms with Crippen LogP contribution in [0.5, 0.6) is 0 Å². The number of carbonyl (C=O) groups is 1. The van der Waals surface area contributed by atoms with Gasteiger partial charge in [0.25, 0.3) is 0 Å². The third kappa shape index (κ3) is 4.40. The van der Waals surface area contributed by atoms with Gasteiger partial charge >= 0.3 is 0 Å². The summed E-state index contributed by atoms with van der Waals surface area (Å²) in [5.41, 5.74) is 1.09. The van der Waals surface area contributed by atoms with Gasteiger partial charge in [0.1, 0.15) is 5.76 Å². The van der Waals surface area contributed by atoms with Crippen molar-refractivity contribution in [3.05, 3.63) is 59.0 Å². The number of benzene rings is 1. The first-order chi connectivity index (χ1) is 9.65. The van der Waals surface area contributed by atoms with Gasteiger partial charge in [0.05, 0.1) is 19.4 Å². The fraction of sp³-hybridized carbons (Fsp3) is 0.267. The Morgan fingerprint density at radius 1 is 1.30 bits per heavy atom. The maximum atomic E-state index is 11.7. The second kappa shape index (κ2) is 7.12. The van der Waals surface area contributed by atoms with Gasteiger partial charge in [0.2, 0.25) is 5.91 Å². The van der Waals surface area contributed by atoms with E-state index in [0.29, 0.717) is 11.6 Å². The van der Waals surface area contributed by atoms with Crippen LogP contribution < -0.4 is 10.6 Å². The first-order valence-corrected chi connectivity index (χ1v) is 6.81. The third-order valence-corrected chi connectivity index (χ3v) is 3.23. The van der Waals surface area contributed by atoms with E-state index in [9.17, 15) is 4.79 Å². The molecule has 1 aromatic carbocycles. The van der Waals surface area contributed by atoms with Crippen molar-refractivity contribution in [1.82, 2.24) is 10.6 Å². The molecule has 0 saturated heterocycles. The Morgan fingerprint density at radius 2 is 2.05 bits per heavy atom. The average Bonchev–Trinajstić information content (AvgIpc) is 2.96. The van der Waals surface area contributed by atoms with E-state index in [4.69, 9.17) is 16.0 Å². The first-order valence-electron chi connectivity index (χ1n) is 6.43. The maximum Gasteiger partial charge on any atom is 0.234 e. The molecule has 5 heteroatoms. The normalized spacial score (nSPS) is 12.1. The summed E-state index contributed by atoms with van der Waals surface area (Å²) in [5.74, 6) is 0.673. The summed E-state index contributed by atoms with van der Waals surface area (Å²) in [6, 6.07) is 11.3. The molecule has 0 aliphatic heterocycles.